The quantitative estimate of drug-likeness (QED) is 0.668. The van der Waals surface area contributed by atoms with Crippen molar-refractivity contribution in [3.63, 3.8) is 0 Å². The molecule has 0 aliphatic carbocycles. The molecular weight excluding hydrogens is 258 g/mol. The Hall–Kier alpha value is -0.680. The predicted molar refractivity (Wildman–Crippen MR) is 85.1 cm³/mol. The van der Waals surface area contributed by atoms with E-state index in [2.05, 4.69) is 37.9 Å². The molecule has 0 aliphatic rings. The van der Waals surface area contributed by atoms with Gasteiger partial charge in [0, 0.05) is 25.2 Å². The van der Waals surface area contributed by atoms with Gasteiger partial charge in [-0.05, 0) is 33.6 Å². The van der Waals surface area contributed by atoms with E-state index in [-0.39, 0.29) is 22.7 Å². The third kappa shape index (κ3) is 6.34. The average molecular weight is 287 g/mol. The largest absolute Gasteiger partial charge is 0.393 e. The molecular formula is C14H29N3OS. The maximum Gasteiger partial charge on any atom is 0.230 e. The van der Waals surface area contributed by atoms with Crippen molar-refractivity contribution in [1.82, 2.24) is 10.2 Å². The summed E-state index contributed by atoms with van der Waals surface area (Å²) in [5, 5.41) is 2.94. The summed E-state index contributed by atoms with van der Waals surface area (Å²) in [6.07, 6.45) is 0. The lowest BCUT2D eigenvalue weighted by Crippen LogP contribution is -2.46. The monoisotopic (exact) mass is 287 g/mol. The van der Waals surface area contributed by atoms with Crippen LogP contribution in [0.1, 0.15) is 41.5 Å². The highest BCUT2D eigenvalue weighted by molar-refractivity contribution is 7.80. The number of carbonyl (C=O) groups excluding carboxylic acids is 1. The minimum Gasteiger partial charge on any atom is -0.393 e. The molecule has 19 heavy (non-hydrogen) atoms. The summed E-state index contributed by atoms with van der Waals surface area (Å²) in [5.41, 5.74) is 5.63. The summed E-state index contributed by atoms with van der Waals surface area (Å²) in [7, 11) is 0. The number of nitrogens with two attached hydrogens (primary N) is 1. The molecule has 0 aliphatic heterocycles. The van der Waals surface area contributed by atoms with Crippen LogP contribution in [0.25, 0.3) is 0 Å². The second kappa shape index (κ2) is 8.48. The van der Waals surface area contributed by atoms with E-state index in [0.29, 0.717) is 18.6 Å². The van der Waals surface area contributed by atoms with Crippen LogP contribution < -0.4 is 11.1 Å². The number of nitrogens with zero attached hydrogens (tertiary/aromatic N) is 1. The van der Waals surface area contributed by atoms with Crippen LogP contribution in [0, 0.1) is 11.8 Å². The van der Waals surface area contributed by atoms with Gasteiger partial charge in [-0.25, -0.2) is 0 Å². The van der Waals surface area contributed by atoms with Crippen LogP contribution in [0.15, 0.2) is 0 Å². The Kier molecular flexibility index (Phi) is 8.18. The van der Waals surface area contributed by atoms with Gasteiger partial charge in [0.05, 0.1) is 10.9 Å². The third-order valence-electron chi connectivity index (χ3n) is 3.25. The number of hydrogen-bond acceptors (Lipinski definition) is 3. The van der Waals surface area contributed by atoms with Crippen molar-refractivity contribution in [1.29, 1.82) is 0 Å². The number of rotatable bonds is 8. The summed E-state index contributed by atoms with van der Waals surface area (Å²) >= 11 is 4.96. The van der Waals surface area contributed by atoms with Gasteiger partial charge in [-0.2, -0.15) is 0 Å². The summed E-state index contributed by atoms with van der Waals surface area (Å²) < 4.78 is 0. The van der Waals surface area contributed by atoms with Crippen molar-refractivity contribution in [2.45, 2.75) is 53.6 Å². The van der Waals surface area contributed by atoms with Crippen LogP contribution in [-0.2, 0) is 4.79 Å². The fourth-order valence-electron chi connectivity index (χ4n) is 2.29. The van der Waals surface area contributed by atoms with Crippen molar-refractivity contribution in [3.8, 4) is 0 Å². The van der Waals surface area contributed by atoms with Gasteiger partial charge in [0.25, 0.3) is 0 Å². The van der Waals surface area contributed by atoms with Gasteiger partial charge in [-0.1, -0.05) is 26.1 Å². The van der Waals surface area contributed by atoms with Gasteiger partial charge in [-0.15, -0.1) is 0 Å². The molecule has 3 N–H and O–H groups in total. The Morgan fingerprint density at radius 3 is 1.95 bits per heavy atom. The number of amides is 1. The Labute approximate surface area is 123 Å². The van der Waals surface area contributed by atoms with Gasteiger partial charge >= 0.3 is 0 Å². The summed E-state index contributed by atoms with van der Waals surface area (Å²) in [5.74, 6) is -0.305. The molecule has 1 atom stereocenters. The molecule has 0 aromatic carbocycles. The summed E-state index contributed by atoms with van der Waals surface area (Å²) in [4.78, 5) is 14.7. The van der Waals surface area contributed by atoms with E-state index in [4.69, 9.17) is 18.0 Å². The van der Waals surface area contributed by atoms with E-state index in [1.807, 2.05) is 13.8 Å². The Morgan fingerprint density at radius 1 is 1.16 bits per heavy atom. The lowest BCUT2D eigenvalue weighted by Gasteiger charge is -2.30. The van der Waals surface area contributed by atoms with Crippen LogP contribution in [-0.4, -0.2) is 41.0 Å². The molecule has 1 unspecified atom stereocenters. The van der Waals surface area contributed by atoms with E-state index in [0.717, 1.165) is 6.54 Å². The van der Waals surface area contributed by atoms with Crippen molar-refractivity contribution >= 4 is 23.1 Å². The lowest BCUT2D eigenvalue weighted by molar-refractivity contribution is -0.124. The molecule has 0 saturated heterocycles. The van der Waals surface area contributed by atoms with E-state index in [1.165, 1.54) is 0 Å². The second-order valence-electron chi connectivity index (χ2n) is 5.84. The standard InChI is InChI=1S/C14H29N3OS/c1-9(2)12(13(15)19)14(18)16-7-8-17(10(3)4)11(5)6/h9-12H,7-8H2,1-6H3,(H2,15,19)(H,16,18). The molecule has 112 valence electrons. The van der Waals surface area contributed by atoms with E-state index < -0.39 is 0 Å². The zero-order valence-corrected chi connectivity index (χ0v) is 13.9. The van der Waals surface area contributed by atoms with E-state index in [1.54, 1.807) is 0 Å². The van der Waals surface area contributed by atoms with E-state index in [9.17, 15) is 4.79 Å². The second-order valence-corrected chi connectivity index (χ2v) is 6.31. The van der Waals surface area contributed by atoms with Crippen molar-refractivity contribution < 1.29 is 4.79 Å². The Balaban J connectivity index is 4.33. The molecule has 0 aromatic heterocycles. The molecule has 0 radical (unpaired) electrons. The first-order valence-electron chi connectivity index (χ1n) is 7.01. The Bertz CT molecular complexity index is 295. The Morgan fingerprint density at radius 2 is 1.63 bits per heavy atom. The molecule has 0 rings (SSSR count). The molecule has 0 saturated carbocycles. The van der Waals surface area contributed by atoms with Gasteiger partial charge < -0.3 is 11.1 Å². The average Bonchev–Trinajstić information content (AvgIpc) is 2.21. The highest BCUT2D eigenvalue weighted by Gasteiger charge is 2.24. The molecule has 5 heteroatoms. The molecule has 0 aromatic rings. The summed E-state index contributed by atoms with van der Waals surface area (Å²) in [6, 6.07) is 0.932. The minimum atomic E-state index is -0.374. The van der Waals surface area contributed by atoms with E-state index >= 15 is 0 Å². The fourth-order valence-corrected chi connectivity index (χ4v) is 2.67. The normalized spacial score (nSPS) is 13.4. The van der Waals surface area contributed by atoms with Crippen LogP contribution in [0.5, 0.6) is 0 Å². The topological polar surface area (TPSA) is 58.4 Å². The number of nitrogens with one attached hydrogen (secondary N) is 1. The first kappa shape index (κ1) is 18.3. The number of thiocarbonyl (C=S) groups is 1. The fraction of sp³-hybridized carbons (Fsp3) is 0.857. The van der Waals surface area contributed by atoms with Crippen molar-refractivity contribution in [2.75, 3.05) is 13.1 Å². The minimum absolute atomic E-state index is 0.0602. The van der Waals surface area contributed by atoms with Gasteiger partial charge in [0.2, 0.25) is 5.91 Å². The smallest absolute Gasteiger partial charge is 0.230 e. The predicted octanol–water partition coefficient (Wildman–Crippen LogP) is 1.78. The van der Waals surface area contributed by atoms with Crippen molar-refractivity contribution in [2.24, 2.45) is 17.6 Å². The van der Waals surface area contributed by atoms with Gasteiger partial charge in [0.1, 0.15) is 0 Å². The SMILES string of the molecule is CC(C)C(C(=O)NCCN(C(C)C)C(C)C)C(N)=S. The maximum absolute atomic E-state index is 12.1. The first-order valence-corrected chi connectivity index (χ1v) is 7.42. The number of hydrogen-bond donors (Lipinski definition) is 2. The maximum atomic E-state index is 12.1. The van der Waals surface area contributed by atoms with Crippen molar-refractivity contribution in [3.05, 3.63) is 0 Å². The van der Waals surface area contributed by atoms with Crippen LogP contribution in [0.3, 0.4) is 0 Å². The number of carbonyl (C=O) groups is 1. The zero-order valence-electron chi connectivity index (χ0n) is 13.1. The molecule has 4 nitrogen and oxygen atoms in total. The lowest BCUT2D eigenvalue weighted by atomic mass is 9.95. The highest BCUT2D eigenvalue weighted by atomic mass is 32.1. The molecule has 0 spiro atoms. The highest BCUT2D eigenvalue weighted by Crippen LogP contribution is 2.11. The van der Waals surface area contributed by atoms with Gasteiger partial charge in [0.15, 0.2) is 0 Å². The van der Waals surface area contributed by atoms with Crippen LogP contribution >= 0.6 is 12.2 Å². The molecule has 1 amide bonds. The first-order chi connectivity index (χ1) is 8.68. The van der Waals surface area contributed by atoms with Crippen LogP contribution in [0.2, 0.25) is 0 Å². The molecule has 0 fully saturated rings. The van der Waals surface area contributed by atoms with Gasteiger partial charge in [-0.3, -0.25) is 9.69 Å². The molecule has 0 heterocycles. The third-order valence-corrected chi connectivity index (χ3v) is 3.51. The summed E-state index contributed by atoms with van der Waals surface area (Å²) in [6.45, 7) is 14.0. The van der Waals surface area contributed by atoms with Crippen LogP contribution in [0.4, 0.5) is 0 Å². The molecule has 0 bridgehead atoms. The zero-order chi connectivity index (χ0) is 15.2.